The van der Waals surface area contributed by atoms with Crippen molar-refractivity contribution in [3.05, 3.63) is 23.9 Å². The van der Waals surface area contributed by atoms with Gasteiger partial charge in [0.2, 0.25) is 11.8 Å². The summed E-state index contributed by atoms with van der Waals surface area (Å²) in [6, 6.07) is 5.91. The SMILES string of the molecule is Cn1nc(C2CCC(=O)NC2=O)c2cccc(N3CCC(C(=O)O)CC3)c21. The Kier molecular flexibility index (Phi) is 4.33. The van der Waals surface area contributed by atoms with Crippen LogP contribution in [0.5, 0.6) is 0 Å². The molecule has 1 unspecified atom stereocenters. The third-order valence-corrected chi connectivity index (χ3v) is 5.63. The molecule has 8 nitrogen and oxygen atoms in total. The van der Waals surface area contributed by atoms with Crippen molar-refractivity contribution in [3.63, 3.8) is 0 Å². The Bertz CT molecular complexity index is 927. The monoisotopic (exact) mass is 370 g/mol. The van der Waals surface area contributed by atoms with Crippen LogP contribution in [0, 0.1) is 5.92 Å². The quantitative estimate of drug-likeness (QED) is 0.792. The van der Waals surface area contributed by atoms with Gasteiger partial charge in [0.25, 0.3) is 0 Å². The normalized spacial score (nSPS) is 21.5. The van der Waals surface area contributed by atoms with Crippen LogP contribution in [0.15, 0.2) is 18.2 Å². The molecule has 2 aromatic rings. The molecule has 142 valence electrons. The maximum absolute atomic E-state index is 12.3. The molecule has 27 heavy (non-hydrogen) atoms. The van der Waals surface area contributed by atoms with Crippen molar-refractivity contribution in [2.24, 2.45) is 13.0 Å². The van der Waals surface area contributed by atoms with E-state index < -0.39 is 11.9 Å². The highest BCUT2D eigenvalue weighted by atomic mass is 16.4. The number of hydrogen-bond donors (Lipinski definition) is 2. The van der Waals surface area contributed by atoms with Crippen LogP contribution in [0.25, 0.3) is 10.9 Å². The topological polar surface area (TPSA) is 105 Å². The number of hydrogen-bond acceptors (Lipinski definition) is 5. The van der Waals surface area contributed by atoms with E-state index >= 15 is 0 Å². The molecular weight excluding hydrogens is 348 g/mol. The predicted octanol–water partition coefficient (Wildman–Crippen LogP) is 1.39. The number of carboxylic acid groups (broad SMARTS) is 1. The standard InChI is InChI=1S/C19H22N4O4/c1-22-17-12(16(21-22)13-5-6-15(24)20-18(13)25)3-2-4-14(17)23-9-7-11(8-10-23)19(26)27/h2-4,11,13H,5-10H2,1H3,(H,26,27)(H,20,24,25). The van der Waals surface area contributed by atoms with Crippen LogP contribution in [0.3, 0.4) is 0 Å². The maximum Gasteiger partial charge on any atom is 0.306 e. The van der Waals surface area contributed by atoms with Crippen molar-refractivity contribution in [1.29, 1.82) is 0 Å². The van der Waals surface area contributed by atoms with Gasteiger partial charge in [-0.1, -0.05) is 12.1 Å². The molecule has 2 aliphatic heterocycles. The highest BCUT2D eigenvalue weighted by molar-refractivity contribution is 6.03. The number of rotatable bonds is 3. The number of aromatic nitrogens is 2. The zero-order valence-corrected chi connectivity index (χ0v) is 15.1. The fourth-order valence-electron chi connectivity index (χ4n) is 4.18. The Hall–Kier alpha value is -2.90. The van der Waals surface area contributed by atoms with E-state index in [1.807, 2.05) is 25.2 Å². The lowest BCUT2D eigenvalue weighted by Gasteiger charge is -2.32. The second-order valence-electron chi connectivity index (χ2n) is 7.29. The highest BCUT2D eigenvalue weighted by Crippen LogP contribution is 2.35. The smallest absolute Gasteiger partial charge is 0.306 e. The zero-order valence-electron chi connectivity index (χ0n) is 15.1. The molecule has 0 bridgehead atoms. The Morgan fingerprint density at radius 1 is 1.22 bits per heavy atom. The van der Waals surface area contributed by atoms with Gasteiger partial charge in [0.1, 0.15) is 0 Å². The van der Waals surface area contributed by atoms with Gasteiger partial charge in [-0.3, -0.25) is 24.4 Å². The number of nitrogens with one attached hydrogen (secondary N) is 1. The zero-order chi connectivity index (χ0) is 19.1. The number of benzene rings is 1. The van der Waals surface area contributed by atoms with Crippen molar-refractivity contribution in [2.75, 3.05) is 18.0 Å². The van der Waals surface area contributed by atoms with Crippen LogP contribution in [-0.2, 0) is 21.4 Å². The fourth-order valence-corrected chi connectivity index (χ4v) is 4.18. The number of anilines is 1. The van der Waals surface area contributed by atoms with Gasteiger partial charge in [-0.25, -0.2) is 0 Å². The van der Waals surface area contributed by atoms with E-state index in [-0.39, 0.29) is 17.7 Å². The van der Waals surface area contributed by atoms with Gasteiger partial charge in [-0.05, 0) is 25.3 Å². The summed E-state index contributed by atoms with van der Waals surface area (Å²) in [5, 5.41) is 17.1. The van der Waals surface area contributed by atoms with Gasteiger partial charge in [-0.15, -0.1) is 0 Å². The fraction of sp³-hybridized carbons (Fsp3) is 0.474. The predicted molar refractivity (Wildman–Crippen MR) is 98.4 cm³/mol. The largest absolute Gasteiger partial charge is 0.481 e. The summed E-state index contributed by atoms with van der Waals surface area (Å²) in [6.07, 6.45) is 2.01. The number of aryl methyl sites for hydroxylation is 1. The molecule has 1 aromatic carbocycles. The van der Waals surface area contributed by atoms with Crippen LogP contribution in [0.1, 0.15) is 37.3 Å². The van der Waals surface area contributed by atoms with Crippen molar-refractivity contribution in [1.82, 2.24) is 15.1 Å². The Morgan fingerprint density at radius 3 is 2.63 bits per heavy atom. The number of imide groups is 1. The molecule has 0 saturated carbocycles. The molecule has 0 spiro atoms. The summed E-state index contributed by atoms with van der Waals surface area (Å²) >= 11 is 0. The summed E-state index contributed by atoms with van der Waals surface area (Å²) in [7, 11) is 1.85. The minimum absolute atomic E-state index is 0.238. The number of carboxylic acids is 1. The van der Waals surface area contributed by atoms with Crippen molar-refractivity contribution in [2.45, 2.75) is 31.6 Å². The number of piperidine rings is 2. The molecule has 2 saturated heterocycles. The van der Waals surface area contributed by atoms with E-state index in [0.717, 1.165) is 16.6 Å². The lowest BCUT2D eigenvalue weighted by Crippen LogP contribution is -2.39. The first-order valence-corrected chi connectivity index (χ1v) is 9.22. The molecular formula is C19H22N4O4. The molecule has 1 aromatic heterocycles. The number of fused-ring (bicyclic) bond motifs is 1. The van der Waals surface area contributed by atoms with Gasteiger partial charge >= 0.3 is 5.97 Å². The Morgan fingerprint density at radius 2 is 1.96 bits per heavy atom. The molecule has 2 N–H and O–H groups in total. The number of amides is 2. The van der Waals surface area contributed by atoms with E-state index in [1.165, 1.54) is 0 Å². The molecule has 0 radical (unpaired) electrons. The molecule has 8 heteroatoms. The van der Waals surface area contributed by atoms with E-state index in [9.17, 15) is 19.5 Å². The lowest BCUT2D eigenvalue weighted by molar-refractivity contribution is -0.142. The molecule has 4 rings (SSSR count). The average Bonchev–Trinajstić information content (AvgIpc) is 2.99. The van der Waals surface area contributed by atoms with E-state index in [2.05, 4.69) is 15.3 Å². The molecule has 2 amide bonds. The van der Waals surface area contributed by atoms with Crippen LogP contribution in [0.4, 0.5) is 5.69 Å². The van der Waals surface area contributed by atoms with Crippen LogP contribution >= 0.6 is 0 Å². The van der Waals surface area contributed by atoms with Crippen LogP contribution in [-0.4, -0.2) is 45.8 Å². The number of carbonyl (C=O) groups excluding carboxylic acids is 2. The van der Waals surface area contributed by atoms with E-state index in [0.29, 0.717) is 44.5 Å². The first-order chi connectivity index (χ1) is 13.0. The number of aliphatic carboxylic acids is 1. The molecule has 0 aliphatic carbocycles. The summed E-state index contributed by atoms with van der Waals surface area (Å²) < 4.78 is 1.78. The Labute approximate surface area is 156 Å². The minimum Gasteiger partial charge on any atom is -0.481 e. The van der Waals surface area contributed by atoms with Crippen molar-refractivity contribution >= 4 is 34.4 Å². The van der Waals surface area contributed by atoms with Gasteiger partial charge in [-0.2, -0.15) is 5.10 Å². The summed E-state index contributed by atoms with van der Waals surface area (Å²) in [5.74, 6) is -1.98. The molecule has 3 heterocycles. The number of nitrogens with zero attached hydrogens (tertiary/aromatic N) is 3. The number of para-hydroxylation sites is 1. The molecule has 2 aliphatic rings. The van der Waals surface area contributed by atoms with Gasteiger partial charge in [0.05, 0.1) is 28.7 Å². The average molecular weight is 370 g/mol. The second-order valence-corrected chi connectivity index (χ2v) is 7.29. The minimum atomic E-state index is -0.728. The van der Waals surface area contributed by atoms with Crippen molar-refractivity contribution in [3.8, 4) is 0 Å². The maximum atomic E-state index is 12.3. The van der Waals surface area contributed by atoms with Crippen LogP contribution in [0.2, 0.25) is 0 Å². The lowest BCUT2D eigenvalue weighted by atomic mass is 9.92. The highest BCUT2D eigenvalue weighted by Gasteiger charge is 2.33. The van der Waals surface area contributed by atoms with Gasteiger partial charge in [0, 0.05) is 31.9 Å². The van der Waals surface area contributed by atoms with Gasteiger partial charge in [0.15, 0.2) is 0 Å². The third kappa shape index (κ3) is 3.05. The van der Waals surface area contributed by atoms with E-state index in [1.54, 1.807) is 4.68 Å². The molecule has 1 atom stereocenters. The van der Waals surface area contributed by atoms with Crippen LogP contribution < -0.4 is 10.2 Å². The van der Waals surface area contributed by atoms with Gasteiger partial charge < -0.3 is 10.0 Å². The number of carbonyl (C=O) groups is 3. The summed E-state index contributed by atoms with van der Waals surface area (Å²) in [4.78, 5) is 37.1. The summed E-state index contributed by atoms with van der Waals surface area (Å²) in [5.41, 5.74) is 2.63. The first-order valence-electron chi connectivity index (χ1n) is 9.22. The van der Waals surface area contributed by atoms with Crippen molar-refractivity contribution < 1.29 is 19.5 Å². The third-order valence-electron chi connectivity index (χ3n) is 5.63. The molecule has 2 fully saturated rings. The Balaban J connectivity index is 1.69. The summed E-state index contributed by atoms with van der Waals surface area (Å²) in [6.45, 7) is 1.35. The van der Waals surface area contributed by atoms with E-state index in [4.69, 9.17) is 0 Å². The second kappa shape index (κ2) is 6.68. The first kappa shape index (κ1) is 17.5.